The predicted molar refractivity (Wildman–Crippen MR) is 63.7 cm³/mol. The molecule has 0 radical (unpaired) electrons. The molecule has 1 aromatic carbocycles. The van der Waals surface area contributed by atoms with Crippen LogP contribution in [-0.4, -0.2) is 18.2 Å². The topological polar surface area (TPSA) is 26.3 Å². The van der Waals surface area contributed by atoms with Crippen molar-refractivity contribution in [2.24, 2.45) is 5.92 Å². The summed E-state index contributed by atoms with van der Waals surface area (Å²) in [7, 11) is 0. The Hall–Kier alpha value is -1.52. The van der Waals surface area contributed by atoms with E-state index in [2.05, 4.69) is 0 Å². The molecule has 0 saturated heterocycles. The zero-order valence-electron chi connectivity index (χ0n) is 10.3. The van der Waals surface area contributed by atoms with Crippen LogP contribution >= 0.6 is 0 Å². The van der Waals surface area contributed by atoms with Crippen molar-refractivity contribution in [1.29, 1.82) is 0 Å². The first kappa shape index (κ1) is 13.9. The van der Waals surface area contributed by atoms with Crippen LogP contribution < -0.4 is 0 Å². The smallest absolute Gasteiger partial charge is 0.395 e. The van der Waals surface area contributed by atoms with Gasteiger partial charge in [0.2, 0.25) is 0 Å². The van der Waals surface area contributed by atoms with E-state index in [0.717, 1.165) is 0 Å². The minimum absolute atomic E-state index is 0.0379. The molecule has 2 unspecified atom stereocenters. The lowest BCUT2D eigenvalue weighted by Crippen LogP contribution is -2.39. The molecule has 1 aromatic rings. The van der Waals surface area contributed by atoms with Crippen LogP contribution in [0.15, 0.2) is 30.3 Å². The van der Waals surface area contributed by atoms with Crippen molar-refractivity contribution < 1.29 is 22.7 Å². The van der Waals surface area contributed by atoms with Gasteiger partial charge in [0.25, 0.3) is 0 Å². The second-order valence-electron chi connectivity index (χ2n) is 4.74. The van der Waals surface area contributed by atoms with E-state index in [-0.39, 0.29) is 18.4 Å². The molecule has 0 spiro atoms. The largest absolute Gasteiger partial charge is 0.458 e. The van der Waals surface area contributed by atoms with Crippen molar-refractivity contribution in [2.75, 3.05) is 0 Å². The highest BCUT2D eigenvalue weighted by molar-refractivity contribution is 5.89. The van der Waals surface area contributed by atoms with Gasteiger partial charge in [0.05, 0.1) is 11.5 Å². The minimum atomic E-state index is -4.30. The van der Waals surface area contributed by atoms with Gasteiger partial charge in [-0.2, -0.15) is 13.2 Å². The standard InChI is InChI=1S/C14H15F3O2/c15-14(16,17)11-8-4-5-9-12(11)19-13(18)10-6-2-1-3-7-10/h1-3,6-7,11-12H,4-5,8-9H2. The number of carbonyl (C=O) groups excluding carboxylic acids is 1. The van der Waals surface area contributed by atoms with Crippen molar-refractivity contribution in [1.82, 2.24) is 0 Å². The summed E-state index contributed by atoms with van der Waals surface area (Å²) in [6.07, 6.45) is -3.84. The summed E-state index contributed by atoms with van der Waals surface area (Å²) >= 11 is 0. The molecule has 0 heterocycles. The maximum Gasteiger partial charge on any atom is 0.395 e. The fourth-order valence-corrected chi connectivity index (χ4v) is 2.39. The van der Waals surface area contributed by atoms with E-state index in [9.17, 15) is 18.0 Å². The Balaban J connectivity index is 2.06. The van der Waals surface area contributed by atoms with Gasteiger partial charge in [0.15, 0.2) is 0 Å². The molecule has 0 aromatic heterocycles. The van der Waals surface area contributed by atoms with Crippen molar-refractivity contribution in [3.63, 3.8) is 0 Å². The molecule has 104 valence electrons. The summed E-state index contributed by atoms with van der Waals surface area (Å²) in [5.74, 6) is -2.21. The SMILES string of the molecule is O=C(OC1CCCCC1C(F)(F)F)c1ccccc1. The average molecular weight is 272 g/mol. The van der Waals surface area contributed by atoms with E-state index in [1.807, 2.05) is 0 Å². The average Bonchev–Trinajstić information content (AvgIpc) is 2.39. The molecule has 2 rings (SSSR count). The Morgan fingerprint density at radius 2 is 1.74 bits per heavy atom. The Labute approximate surface area is 109 Å². The molecule has 1 aliphatic rings. The number of rotatable bonds is 2. The van der Waals surface area contributed by atoms with Crippen molar-refractivity contribution in [3.8, 4) is 0 Å². The summed E-state index contributed by atoms with van der Waals surface area (Å²) in [5.41, 5.74) is 0.286. The molecule has 0 amide bonds. The van der Waals surface area contributed by atoms with Crippen LogP contribution in [0.4, 0.5) is 13.2 Å². The summed E-state index contributed by atoms with van der Waals surface area (Å²) in [4.78, 5) is 11.8. The quantitative estimate of drug-likeness (QED) is 0.762. The molecule has 2 atom stereocenters. The number of halogens is 3. The number of ether oxygens (including phenoxy) is 1. The summed E-state index contributed by atoms with van der Waals surface area (Å²) in [5, 5.41) is 0. The van der Waals surface area contributed by atoms with Gasteiger partial charge in [0, 0.05) is 0 Å². The van der Waals surface area contributed by atoms with Crippen LogP contribution in [0.2, 0.25) is 0 Å². The molecule has 0 N–H and O–H groups in total. The number of esters is 1. The van der Waals surface area contributed by atoms with Crippen LogP contribution in [-0.2, 0) is 4.74 Å². The van der Waals surface area contributed by atoms with E-state index < -0.39 is 24.2 Å². The van der Waals surface area contributed by atoms with E-state index in [0.29, 0.717) is 12.8 Å². The minimum Gasteiger partial charge on any atom is -0.458 e. The fourth-order valence-electron chi connectivity index (χ4n) is 2.39. The molecule has 2 nitrogen and oxygen atoms in total. The van der Waals surface area contributed by atoms with Crippen LogP contribution in [0.1, 0.15) is 36.0 Å². The van der Waals surface area contributed by atoms with Gasteiger partial charge in [-0.15, -0.1) is 0 Å². The third-order valence-electron chi connectivity index (χ3n) is 3.39. The molecule has 19 heavy (non-hydrogen) atoms. The number of hydrogen-bond donors (Lipinski definition) is 0. The number of benzene rings is 1. The van der Waals surface area contributed by atoms with E-state index in [4.69, 9.17) is 4.74 Å². The highest BCUT2D eigenvalue weighted by Gasteiger charge is 2.47. The Kier molecular flexibility index (Phi) is 4.12. The first-order valence-electron chi connectivity index (χ1n) is 6.31. The first-order valence-corrected chi connectivity index (χ1v) is 6.31. The third kappa shape index (κ3) is 3.49. The summed E-state index contributed by atoms with van der Waals surface area (Å²) in [6.45, 7) is 0. The normalized spacial score (nSPS) is 23.9. The molecule has 5 heteroatoms. The Morgan fingerprint density at radius 1 is 1.11 bits per heavy atom. The van der Waals surface area contributed by atoms with Crippen molar-refractivity contribution in [3.05, 3.63) is 35.9 Å². The second kappa shape index (κ2) is 5.63. The Morgan fingerprint density at radius 3 is 2.37 bits per heavy atom. The van der Waals surface area contributed by atoms with Crippen LogP contribution in [0.3, 0.4) is 0 Å². The molecule has 1 fully saturated rings. The third-order valence-corrected chi connectivity index (χ3v) is 3.39. The molecular weight excluding hydrogens is 257 g/mol. The van der Waals surface area contributed by atoms with E-state index in [1.165, 1.54) is 12.1 Å². The molecule has 0 aliphatic heterocycles. The van der Waals surface area contributed by atoms with Gasteiger partial charge in [-0.25, -0.2) is 4.79 Å². The lowest BCUT2D eigenvalue weighted by Gasteiger charge is -2.32. The second-order valence-corrected chi connectivity index (χ2v) is 4.74. The van der Waals surface area contributed by atoms with E-state index >= 15 is 0 Å². The lowest BCUT2D eigenvalue weighted by atomic mass is 9.86. The maximum atomic E-state index is 12.9. The van der Waals surface area contributed by atoms with Crippen molar-refractivity contribution in [2.45, 2.75) is 38.0 Å². The monoisotopic (exact) mass is 272 g/mol. The molecule has 1 aliphatic carbocycles. The highest BCUT2D eigenvalue weighted by atomic mass is 19.4. The molecule has 1 saturated carbocycles. The van der Waals surface area contributed by atoms with Crippen molar-refractivity contribution >= 4 is 5.97 Å². The summed E-state index contributed by atoms with van der Waals surface area (Å²) in [6, 6.07) is 8.11. The van der Waals surface area contributed by atoms with Crippen LogP contribution in [0.25, 0.3) is 0 Å². The zero-order valence-corrected chi connectivity index (χ0v) is 10.3. The van der Waals surface area contributed by atoms with Gasteiger partial charge in [-0.1, -0.05) is 24.6 Å². The van der Waals surface area contributed by atoms with Gasteiger partial charge < -0.3 is 4.74 Å². The number of alkyl halides is 3. The van der Waals surface area contributed by atoms with Gasteiger partial charge in [-0.05, 0) is 31.4 Å². The lowest BCUT2D eigenvalue weighted by molar-refractivity contribution is -0.207. The molecular formula is C14H15F3O2. The fraction of sp³-hybridized carbons (Fsp3) is 0.500. The first-order chi connectivity index (χ1) is 8.98. The highest BCUT2D eigenvalue weighted by Crippen LogP contribution is 2.39. The summed E-state index contributed by atoms with van der Waals surface area (Å²) < 4.78 is 43.6. The van der Waals surface area contributed by atoms with E-state index in [1.54, 1.807) is 18.2 Å². The Bertz CT molecular complexity index is 428. The zero-order chi connectivity index (χ0) is 13.9. The predicted octanol–water partition coefficient (Wildman–Crippen LogP) is 3.96. The van der Waals surface area contributed by atoms with Gasteiger partial charge in [0.1, 0.15) is 6.10 Å². The van der Waals surface area contributed by atoms with Crippen LogP contribution in [0, 0.1) is 5.92 Å². The number of carbonyl (C=O) groups is 1. The number of hydrogen-bond acceptors (Lipinski definition) is 2. The van der Waals surface area contributed by atoms with Crippen LogP contribution in [0.5, 0.6) is 0 Å². The molecule has 0 bridgehead atoms. The van der Waals surface area contributed by atoms with Gasteiger partial charge in [-0.3, -0.25) is 0 Å². The maximum absolute atomic E-state index is 12.9. The van der Waals surface area contributed by atoms with Gasteiger partial charge >= 0.3 is 12.1 Å².